The molecule has 0 bridgehead atoms. The zero-order chi connectivity index (χ0) is 13.6. The van der Waals surface area contributed by atoms with E-state index in [0.29, 0.717) is 16.3 Å². The summed E-state index contributed by atoms with van der Waals surface area (Å²) in [5, 5.41) is 4.66. The van der Waals surface area contributed by atoms with E-state index in [0.717, 1.165) is 28.1 Å². The van der Waals surface area contributed by atoms with Gasteiger partial charge in [0.1, 0.15) is 5.76 Å². The van der Waals surface area contributed by atoms with E-state index in [1.165, 1.54) is 0 Å². The fourth-order valence-corrected chi connectivity index (χ4v) is 2.62. The maximum atomic E-state index is 5.99. The predicted octanol–water partition coefficient (Wildman–Crippen LogP) is 4.01. The SMILES string of the molecule is Cc1noc(C)c1Cn1c(=S)[nH]c2cc(Cl)ccc21. The van der Waals surface area contributed by atoms with Gasteiger partial charge >= 0.3 is 0 Å². The molecular formula is C13H12ClN3OS. The van der Waals surface area contributed by atoms with E-state index in [1.54, 1.807) is 0 Å². The van der Waals surface area contributed by atoms with E-state index in [1.807, 2.05) is 36.6 Å². The molecule has 2 heterocycles. The molecule has 0 aliphatic rings. The second kappa shape index (κ2) is 4.51. The van der Waals surface area contributed by atoms with Crippen LogP contribution in [0.25, 0.3) is 11.0 Å². The molecule has 4 nitrogen and oxygen atoms in total. The maximum Gasteiger partial charge on any atom is 0.178 e. The lowest BCUT2D eigenvalue weighted by atomic mass is 10.2. The molecule has 0 radical (unpaired) electrons. The van der Waals surface area contributed by atoms with Gasteiger partial charge in [-0.1, -0.05) is 16.8 Å². The summed E-state index contributed by atoms with van der Waals surface area (Å²) in [4.78, 5) is 3.16. The molecule has 6 heteroatoms. The average Bonchev–Trinajstić information content (AvgIpc) is 2.83. The third-order valence-electron chi connectivity index (χ3n) is 3.23. The van der Waals surface area contributed by atoms with Crippen molar-refractivity contribution in [2.45, 2.75) is 20.4 Å². The van der Waals surface area contributed by atoms with Crippen LogP contribution < -0.4 is 0 Å². The molecule has 3 rings (SSSR count). The first-order valence-electron chi connectivity index (χ1n) is 5.86. The van der Waals surface area contributed by atoms with Crippen molar-refractivity contribution in [3.05, 3.63) is 45.0 Å². The first-order valence-corrected chi connectivity index (χ1v) is 6.64. The minimum absolute atomic E-state index is 0.641. The summed E-state index contributed by atoms with van der Waals surface area (Å²) in [6.45, 7) is 4.48. The van der Waals surface area contributed by atoms with Gasteiger partial charge in [-0.05, 0) is 44.3 Å². The summed E-state index contributed by atoms with van der Waals surface area (Å²) < 4.78 is 7.87. The van der Waals surface area contributed by atoms with Crippen LogP contribution in [0.4, 0.5) is 0 Å². The molecule has 19 heavy (non-hydrogen) atoms. The Bertz CT molecular complexity index is 796. The number of benzene rings is 1. The van der Waals surface area contributed by atoms with Gasteiger partial charge in [-0.25, -0.2) is 0 Å². The van der Waals surface area contributed by atoms with Crippen LogP contribution in [-0.4, -0.2) is 14.7 Å². The van der Waals surface area contributed by atoms with Crippen molar-refractivity contribution < 1.29 is 4.52 Å². The number of aromatic nitrogens is 3. The number of imidazole rings is 1. The Morgan fingerprint density at radius 3 is 2.89 bits per heavy atom. The summed E-state index contributed by atoms with van der Waals surface area (Å²) in [5.41, 5.74) is 3.91. The van der Waals surface area contributed by atoms with Crippen LogP contribution in [0.3, 0.4) is 0 Å². The molecule has 0 saturated heterocycles. The van der Waals surface area contributed by atoms with Crippen molar-refractivity contribution >= 4 is 34.9 Å². The third kappa shape index (κ3) is 2.09. The summed E-state index contributed by atoms with van der Waals surface area (Å²) in [6, 6.07) is 5.69. The molecule has 0 amide bonds. The number of halogens is 1. The number of fused-ring (bicyclic) bond motifs is 1. The molecule has 3 aromatic rings. The number of nitrogens with one attached hydrogen (secondary N) is 1. The van der Waals surface area contributed by atoms with Gasteiger partial charge in [0.15, 0.2) is 4.77 Å². The lowest BCUT2D eigenvalue weighted by Crippen LogP contribution is -2.01. The van der Waals surface area contributed by atoms with Crippen LogP contribution in [0, 0.1) is 18.6 Å². The normalized spacial score (nSPS) is 11.3. The van der Waals surface area contributed by atoms with Crippen molar-refractivity contribution in [1.82, 2.24) is 14.7 Å². The third-order valence-corrected chi connectivity index (χ3v) is 3.79. The fourth-order valence-electron chi connectivity index (χ4n) is 2.18. The Labute approximate surface area is 120 Å². The summed E-state index contributed by atoms with van der Waals surface area (Å²) >= 11 is 11.4. The Balaban J connectivity index is 2.16. The van der Waals surface area contributed by atoms with Crippen molar-refractivity contribution in [3.8, 4) is 0 Å². The minimum atomic E-state index is 0.641. The molecule has 0 saturated carbocycles. The molecule has 0 aliphatic heterocycles. The van der Waals surface area contributed by atoms with E-state index in [9.17, 15) is 0 Å². The Kier molecular flexibility index (Phi) is 2.95. The Hall–Kier alpha value is -1.59. The summed E-state index contributed by atoms with van der Waals surface area (Å²) in [7, 11) is 0. The number of nitrogens with zero attached hydrogens (tertiary/aromatic N) is 2. The second-order valence-electron chi connectivity index (χ2n) is 4.48. The molecule has 98 valence electrons. The Morgan fingerprint density at radius 2 is 2.21 bits per heavy atom. The highest BCUT2D eigenvalue weighted by atomic mass is 35.5. The molecule has 1 aromatic carbocycles. The maximum absolute atomic E-state index is 5.99. The Morgan fingerprint density at radius 1 is 1.42 bits per heavy atom. The van der Waals surface area contributed by atoms with Crippen molar-refractivity contribution in [3.63, 3.8) is 0 Å². The smallest absolute Gasteiger partial charge is 0.178 e. The lowest BCUT2D eigenvalue weighted by Gasteiger charge is -2.04. The van der Waals surface area contributed by atoms with Crippen LogP contribution in [-0.2, 0) is 6.54 Å². The average molecular weight is 294 g/mol. The van der Waals surface area contributed by atoms with Gasteiger partial charge in [0.25, 0.3) is 0 Å². The van der Waals surface area contributed by atoms with Crippen LogP contribution >= 0.6 is 23.8 Å². The molecule has 1 N–H and O–H groups in total. The zero-order valence-corrected chi connectivity index (χ0v) is 12.1. The highest BCUT2D eigenvalue weighted by Crippen LogP contribution is 2.22. The second-order valence-corrected chi connectivity index (χ2v) is 5.30. The number of rotatable bonds is 2. The first-order chi connectivity index (χ1) is 9.06. The first kappa shape index (κ1) is 12.4. The quantitative estimate of drug-likeness (QED) is 0.726. The van der Waals surface area contributed by atoms with E-state index in [-0.39, 0.29) is 0 Å². The largest absolute Gasteiger partial charge is 0.361 e. The van der Waals surface area contributed by atoms with E-state index in [2.05, 4.69) is 10.1 Å². The van der Waals surface area contributed by atoms with Gasteiger partial charge in [-0.2, -0.15) is 0 Å². The van der Waals surface area contributed by atoms with Crippen LogP contribution in [0.2, 0.25) is 5.02 Å². The summed E-state index contributed by atoms with van der Waals surface area (Å²) in [6.07, 6.45) is 0. The number of hydrogen-bond donors (Lipinski definition) is 1. The van der Waals surface area contributed by atoms with Gasteiger partial charge in [-0.3, -0.25) is 0 Å². The molecule has 2 aromatic heterocycles. The van der Waals surface area contributed by atoms with Gasteiger partial charge in [0.2, 0.25) is 0 Å². The molecule has 0 aliphatic carbocycles. The molecule has 0 atom stereocenters. The number of hydrogen-bond acceptors (Lipinski definition) is 3. The van der Waals surface area contributed by atoms with Gasteiger partial charge in [0, 0.05) is 10.6 Å². The van der Waals surface area contributed by atoms with Crippen molar-refractivity contribution in [2.75, 3.05) is 0 Å². The van der Waals surface area contributed by atoms with Gasteiger partial charge < -0.3 is 14.1 Å². The van der Waals surface area contributed by atoms with Crippen LogP contribution in [0.1, 0.15) is 17.0 Å². The van der Waals surface area contributed by atoms with Crippen molar-refractivity contribution in [1.29, 1.82) is 0 Å². The number of H-pyrrole nitrogens is 1. The lowest BCUT2D eigenvalue weighted by molar-refractivity contribution is 0.392. The predicted molar refractivity (Wildman–Crippen MR) is 77.2 cm³/mol. The summed E-state index contributed by atoms with van der Waals surface area (Å²) in [5.74, 6) is 0.822. The van der Waals surface area contributed by atoms with Gasteiger partial charge in [-0.15, -0.1) is 0 Å². The van der Waals surface area contributed by atoms with E-state index < -0.39 is 0 Å². The molecule has 0 spiro atoms. The minimum Gasteiger partial charge on any atom is -0.361 e. The van der Waals surface area contributed by atoms with Crippen molar-refractivity contribution in [2.24, 2.45) is 0 Å². The van der Waals surface area contributed by atoms with Crippen LogP contribution in [0.15, 0.2) is 22.7 Å². The topological polar surface area (TPSA) is 46.8 Å². The highest BCUT2D eigenvalue weighted by Gasteiger charge is 2.12. The monoisotopic (exact) mass is 293 g/mol. The zero-order valence-electron chi connectivity index (χ0n) is 10.5. The highest BCUT2D eigenvalue weighted by molar-refractivity contribution is 7.71. The molecule has 0 fully saturated rings. The van der Waals surface area contributed by atoms with Gasteiger partial charge in [0.05, 0.1) is 23.3 Å². The van der Waals surface area contributed by atoms with E-state index in [4.69, 9.17) is 28.3 Å². The fraction of sp³-hybridized carbons (Fsp3) is 0.231. The molecular weight excluding hydrogens is 282 g/mol. The standard InChI is InChI=1S/C13H12ClN3OS/c1-7-10(8(2)18-16-7)6-17-12-4-3-9(14)5-11(12)15-13(17)19/h3-5H,6H2,1-2H3,(H,15,19). The molecule has 0 unspecified atom stereocenters. The van der Waals surface area contributed by atoms with Crippen LogP contribution in [0.5, 0.6) is 0 Å². The number of aryl methyl sites for hydroxylation is 2. The number of aromatic amines is 1. The van der Waals surface area contributed by atoms with E-state index >= 15 is 0 Å².